The van der Waals surface area contributed by atoms with Crippen molar-refractivity contribution < 1.29 is 4.74 Å². The number of rotatable bonds is 9. The molecule has 0 radical (unpaired) electrons. The van der Waals surface area contributed by atoms with Crippen LogP contribution in [0.15, 0.2) is 131 Å². The van der Waals surface area contributed by atoms with Gasteiger partial charge in [-0.2, -0.15) is 0 Å². The summed E-state index contributed by atoms with van der Waals surface area (Å²) in [7, 11) is 0. The molecule has 0 saturated carbocycles. The third kappa shape index (κ3) is 7.54. The first-order valence-corrected chi connectivity index (χ1v) is 14.4. The zero-order valence-corrected chi connectivity index (χ0v) is 22.1. The third-order valence-corrected chi connectivity index (χ3v) is 8.40. The second-order valence-corrected chi connectivity index (χ2v) is 11.9. The van der Waals surface area contributed by atoms with Crippen molar-refractivity contribution in [1.29, 1.82) is 0 Å². The monoisotopic (exact) mass is 506 g/mol. The molecule has 5 heteroatoms. The SMILES string of the molecule is CSc1ccc(Sc2ccc(Sc3ccc(Sc4ccc(OC(C)C)cc4)cc3)cc2)cc1. The Labute approximate surface area is 214 Å². The highest BCUT2D eigenvalue weighted by Gasteiger charge is 2.04. The van der Waals surface area contributed by atoms with E-state index in [9.17, 15) is 0 Å². The summed E-state index contributed by atoms with van der Waals surface area (Å²) in [6.07, 6.45) is 2.30. The average molecular weight is 507 g/mol. The van der Waals surface area contributed by atoms with Crippen LogP contribution in [-0.4, -0.2) is 12.4 Å². The van der Waals surface area contributed by atoms with E-state index in [0.717, 1.165) is 5.75 Å². The van der Waals surface area contributed by atoms with Gasteiger partial charge >= 0.3 is 0 Å². The first kappa shape index (κ1) is 24.2. The molecule has 0 amide bonds. The van der Waals surface area contributed by atoms with Crippen molar-refractivity contribution in [2.24, 2.45) is 0 Å². The molecule has 0 aliphatic rings. The van der Waals surface area contributed by atoms with Gasteiger partial charge < -0.3 is 4.74 Å². The summed E-state index contributed by atoms with van der Waals surface area (Å²) in [5, 5.41) is 0. The quantitative estimate of drug-likeness (QED) is 0.208. The number of ether oxygens (including phenoxy) is 1. The summed E-state index contributed by atoms with van der Waals surface area (Å²) in [5.41, 5.74) is 0. The lowest BCUT2D eigenvalue weighted by atomic mass is 10.3. The Hall–Kier alpha value is -1.92. The molecule has 1 nitrogen and oxygen atoms in total. The molecular weight excluding hydrogens is 481 g/mol. The van der Waals surface area contributed by atoms with Crippen LogP contribution in [0.1, 0.15) is 13.8 Å². The maximum atomic E-state index is 5.72. The molecule has 0 saturated heterocycles. The Bertz CT molecular complexity index is 1140. The smallest absolute Gasteiger partial charge is 0.119 e. The van der Waals surface area contributed by atoms with Crippen molar-refractivity contribution in [1.82, 2.24) is 0 Å². The summed E-state index contributed by atoms with van der Waals surface area (Å²) in [6.45, 7) is 4.09. The third-order valence-electron chi connectivity index (χ3n) is 4.61. The molecule has 0 aliphatic heterocycles. The largest absolute Gasteiger partial charge is 0.491 e. The van der Waals surface area contributed by atoms with E-state index in [-0.39, 0.29) is 6.10 Å². The number of hydrogen-bond donors (Lipinski definition) is 0. The van der Waals surface area contributed by atoms with E-state index < -0.39 is 0 Å². The lowest BCUT2D eigenvalue weighted by Gasteiger charge is -2.10. The summed E-state index contributed by atoms with van der Waals surface area (Å²) in [4.78, 5) is 8.76. The molecule has 4 rings (SSSR count). The highest BCUT2D eigenvalue weighted by atomic mass is 32.2. The van der Waals surface area contributed by atoms with Gasteiger partial charge in [-0.05, 0) is 117 Å². The Morgan fingerprint density at radius 2 is 0.727 bits per heavy atom. The van der Waals surface area contributed by atoms with Crippen molar-refractivity contribution >= 4 is 47.0 Å². The van der Waals surface area contributed by atoms with Gasteiger partial charge in [-0.1, -0.05) is 35.3 Å². The zero-order chi connectivity index (χ0) is 23.0. The van der Waals surface area contributed by atoms with Crippen LogP contribution >= 0.6 is 47.0 Å². The predicted octanol–water partition coefficient (Wildman–Crippen LogP) is 9.65. The minimum Gasteiger partial charge on any atom is -0.491 e. The van der Waals surface area contributed by atoms with E-state index in [1.807, 2.05) is 26.0 Å². The first-order chi connectivity index (χ1) is 16.1. The van der Waals surface area contributed by atoms with Crippen LogP contribution in [0.2, 0.25) is 0 Å². The highest BCUT2D eigenvalue weighted by Crippen LogP contribution is 2.35. The molecule has 0 atom stereocenters. The molecule has 0 unspecified atom stereocenters. The maximum absolute atomic E-state index is 5.72. The molecule has 4 aromatic rings. The topological polar surface area (TPSA) is 9.23 Å². The number of thioether (sulfide) groups is 1. The van der Waals surface area contributed by atoms with Crippen molar-refractivity contribution in [2.75, 3.05) is 6.26 Å². The fourth-order valence-corrected chi connectivity index (χ4v) is 5.92. The molecular formula is C28H26OS4. The van der Waals surface area contributed by atoms with Crippen molar-refractivity contribution in [3.05, 3.63) is 97.1 Å². The molecule has 0 spiro atoms. The average Bonchev–Trinajstić information content (AvgIpc) is 2.83. The Morgan fingerprint density at radius 3 is 1.00 bits per heavy atom. The van der Waals surface area contributed by atoms with E-state index in [2.05, 4.69) is 91.2 Å². The van der Waals surface area contributed by atoms with E-state index in [4.69, 9.17) is 4.74 Å². The Balaban J connectivity index is 1.31. The summed E-state index contributed by atoms with van der Waals surface area (Å²) in [5.74, 6) is 0.916. The van der Waals surface area contributed by atoms with Crippen LogP contribution in [0.3, 0.4) is 0 Å². The van der Waals surface area contributed by atoms with E-state index in [0.29, 0.717) is 0 Å². The number of benzene rings is 4. The van der Waals surface area contributed by atoms with Crippen LogP contribution in [-0.2, 0) is 0 Å². The molecule has 33 heavy (non-hydrogen) atoms. The summed E-state index contributed by atoms with van der Waals surface area (Å²) in [6, 6.07) is 34.6. The second kappa shape index (κ2) is 12.0. The van der Waals surface area contributed by atoms with Crippen molar-refractivity contribution in [2.45, 2.75) is 54.2 Å². The van der Waals surface area contributed by atoms with Crippen LogP contribution in [0.4, 0.5) is 0 Å². The maximum Gasteiger partial charge on any atom is 0.119 e. The molecule has 0 aromatic heterocycles. The lowest BCUT2D eigenvalue weighted by molar-refractivity contribution is 0.242. The molecule has 4 aromatic carbocycles. The lowest BCUT2D eigenvalue weighted by Crippen LogP contribution is -2.04. The number of hydrogen-bond acceptors (Lipinski definition) is 5. The Morgan fingerprint density at radius 1 is 0.455 bits per heavy atom. The van der Waals surface area contributed by atoms with Gasteiger partial charge in [-0.25, -0.2) is 0 Å². The van der Waals surface area contributed by atoms with Crippen molar-refractivity contribution in [3.8, 4) is 5.75 Å². The fourth-order valence-electron chi connectivity index (χ4n) is 3.06. The zero-order valence-electron chi connectivity index (χ0n) is 18.9. The highest BCUT2D eigenvalue weighted by molar-refractivity contribution is 8.00. The van der Waals surface area contributed by atoms with Gasteiger partial charge in [0.05, 0.1) is 6.10 Å². The Kier molecular flexibility index (Phi) is 8.79. The fraction of sp³-hybridized carbons (Fsp3) is 0.143. The van der Waals surface area contributed by atoms with E-state index >= 15 is 0 Å². The molecule has 0 fully saturated rings. The molecule has 0 aliphatic carbocycles. The van der Waals surface area contributed by atoms with Gasteiger partial charge in [0.25, 0.3) is 0 Å². The first-order valence-electron chi connectivity index (χ1n) is 10.7. The normalized spacial score (nSPS) is 11.0. The minimum atomic E-state index is 0.195. The van der Waals surface area contributed by atoms with Gasteiger partial charge in [0.2, 0.25) is 0 Å². The molecule has 0 N–H and O–H groups in total. The van der Waals surface area contributed by atoms with Gasteiger partial charge in [-0.15, -0.1) is 11.8 Å². The minimum absolute atomic E-state index is 0.195. The van der Waals surface area contributed by atoms with E-state index in [1.165, 1.54) is 34.3 Å². The molecule has 0 heterocycles. The van der Waals surface area contributed by atoms with E-state index in [1.54, 1.807) is 47.0 Å². The van der Waals surface area contributed by atoms with Gasteiger partial charge in [0, 0.05) is 34.3 Å². The van der Waals surface area contributed by atoms with Gasteiger partial charge in [0.15, 0.2) is 0 Å². The molecule has 0 bridgehead atoms. The second-order valence-electron chi connectivity index (χ2n) is 7.56. The van der Waals surface area contributed by atoms with Gasteiger partial charge in [0.1, 0.15) is 5.75 Å². The van der Waals surface area contributed by atoms with Crippen molar-refractivity contribution in [3.63, 3.8) is 0 Å². The predicted molar refractivity (Wildman–Crippen MR) is 146 cm³/mol. The standard InChI is InChI=1S/C28H26OS4/c1-20(2)29-21-4-6-23(7-5-21)31-25-12-14-27(15-13-25)33-28-18-16-26(17-19-28)32-24-10-8-22(30-3)9-11-24/h4-20H,1-3H3. The van der Waals surface area contributed by atoms with Gasteiger partial charge in [-0.3, -0.25) is 0 Å². The van der Waals surface area contributed by atoms with Crippen LogP contribution in [0.25, 0.3) is 0 Å². The molecule has 168 valence electrons. The summed E-state index contributed by atoms with van der Waals surface area (Å²) >= 11 is 7.13. The summed E-state index contributed by atoms with van der Waals surface area (Å²) < 4.78 is 5.72. The van der Waals surface area contributed by atoms with Crippen LogP contribution < -0.4 is 4.74 Å². The van der Waals surface area contributed by atoms with Crippen LogP contribution in [0.5, 0.6) is 5.75 Å². The van der Waals surface area contributed by atoms with Crippen LogP contribution in [0, 0.1) is 0 Å².